The molecule has 0 spiro atoms. The largest absolute Gasteiger partial charge is 0.573 e. The average Bonchev–Trinajstić information content (AvgIpc) is 2.37. The molecule has 0 heterocycles. The second kappa shape index (κ2) is 5.83. The van der Waals surface area contributed by atoms with Crippen LogP contribution in [-0.2, 0) is 6.42 Å². The molecule has 6 heteroatoms. The van der Waals surface area contributed by atoms with Gasteiger partial charge >= 0.3 is 6.36 Å². The molecule has 2 aromatic carbocycles. The molecule has 0 aliphatic rings. The van der Waals surface area contributed by atoms with E-state index in [4.69, 9.17) is 5.26 Å². The van der Waals surface area contributed by atoms with Gasteiger partial charge in [0.15, 0.2) is 0 Å². The number of nitrogens with zero attached hydrogens (tertiary/aromatic N) is 1. The van der Waals surface area contributed by atoms with Crippen molar-refractivity contribution < 1.29 is 22.3 Å². The maximum Gasteiger partial charge on any atom is 0.573 e. The van der Waals surface area contributed by atoms with Gasteiger partial charge in [0.25, 0.3) is 0 Å². The summed E-state index contributed by atoms with van der Waals surface area (Å²) in [5.74, 6) is -1.04. The fraction of sp³-hybridized carbons (Fsp3) is 0.133. The molecule has 0 aromatic heterocycles. The smallest absolute Gasteiger partial charge is 0.405 e. The van der Waals surface area contributed by atoms with Crippen LogP contribution >= 0.6 is 0 Å². The molecular weight excluding hydrogens is 286 g/mol. The zero-order valence-corrected chi connectivity index (χ0v) is 10.6. The van der Waals surface area contributed by atoms with Gasteiger partial charge in [-0.2, -0.15) is 5.26 Å². The minimum absolute atomic E-state index is 0.0347. The van der Waals surface area contributed by atoms with Gasteiger partial charge in [0.2, 0.25) is 0 Å². The Kier molecular flexibility index (Phi) is 4.13. The second-order valence-corrected chi connectivity index (χ2v) is 4.23. The molecule has 0 fully saturated rings. The van der Waals surface area contributed by atoms with Crippen molar-refractivity contribution in [2.75, 3.05) is 0 Å². The van der Waals surface area contributed by atoms with Crippen LogP contribution in [0, 0.1) is 17.1 Å². The molecule has 0 aliphatic heterocycles. The lowest BCUT2D eigenvalue weighted by atomic mass is 10.0. The van der Waals surface area contributed by atoms with E-state index in [0.29, 0.717) is 5.56 Å². The van der Waals surface area contributed by atoms with E-state index in [1.165, 1.54) is 30.3 Å². The third-order valence-electron chi connectivity index (χ3n) is 2.66. The van der Waals surface area contributed by atoms with Gasteiger partial charge in [0, 0.05) is 5.56 Å². The Labute approximate surface area is 118 Å². The van der Waals surface area contributed by atoms with Crippen molar-refractivity contribution in [3.63, 3.8) is 0 Å². The van der Waals surface area contributed by atoms with E-state index in [-0.39, 0.29) is 17.5 Å². The average molecular weight is 295 g/mol. The van der Waals surface area contributed by atoms with Gasteiger partial charge < -0.3 is 4.74 Å². The first-order valence-electron chi connectivity index (χ1n) is 5.90. The zero-order chi connectivity index (χ0) is 15.5. The summed E-state index contributed by atoms with van der Waals surface area (Å²) >= 11 is 0. The van der Waals surface area contributed by atoms with Gasteiger partial charge in [-0.25, -0.2) is 4.39 Å². The van der Waals surface area contributed by atoms with E-state index < -0.39 is 17.9 Å². The Bertz CT molecular complexity index is 689. The number of nitriles is 1. The highest BCUT2D eigenvalue weighted by atomic mass is 19.4. The topological polar surface area (TPSA) is 33.0 Å². The fourth-order valence-corrected chi connectivity index (χ4v) is 1.92. The van der Waals surface area contributed by atoms with E-state index >= 15 is 0 Å². The number of halogens is 4. The van der Waals surface area contributed by atoms with Crippen LogP contribution in [0.2, 0.25) is 0 Å². The number of rotatable bonds is 3. The van der Waals surface area contributed by atoms with E-state index in [2.05, 4.69) is 4.74 Å². The summed E-state index contributed by atoms with van der Waals surface area (Å²) in [6.07, 6.45) is -4.87. The summed E-state index contributed by atoms with van der Waals surface area (Å²) in [7, 11) is 0. The lowest BCUT2D eigenvalue weighted by Gasteiger charge is -2.13. The van der Waals surface area contributed by atoms with Gasteiger partial charge in [0.05, 0.1) is 12.5 Å². The van der Waals surface area contributed by atoms with Crippen LogP contribution in [-0.4, -0.2) is 6.36 Å². The van der Waals surface area contributed by atoms with Crippen molar-refractivity contribution in [1.82, 2.24) is 0 Å². The molecule has 108 valence electrons. The fourth-order valence-electron chi connectivity index (χ4n) is 1.92. The molecule has 2 nitrogen and oxygen atoms in total. The zero-order valence-electron chi connectivity index (χ0n) is 10.6. The minimum Gasteiger partial charge on any atom is -0.405 e. The molecule has 2 rings (SSSR count). The van der Waals surface area contributed by atoms with E-state index in [0.717, 1.165) is 12.1 Å². The Hall–Kier alpha value is -2.55. The van der Waals surface area contributed by atoms with E-state index in [9.17, 15) is 17.6 Å². The molecule has 0 aliphatic carbocycles. The van der Waals surface area contributed by atoms with Crippen molar-refractivity contribution in [2.45, 2.75) is 12.8 Å². The molecule has 0 saturated heterocycles. The Morgan fingerprint density at radius 2 is 1.81 bits per heavy atom. The third-order valence-corrected chi connectivity index (χ3v) is 2.66. The number of para-hydroxylation sites is 1. The molecule has 0 N–H and O–H groups in total. The minimum atomic E-state index is -4.83. The summed E-state index contributed by atoms with van der Waals surface area (Å²) in [5.41, 5.74) is 0.711. The van der Waals surface area contributed by atoms with Crippen molar-refractivity contribution in [3.8, 4) is 22.9 Å². The normalized spacial score (nSPS) is 11.0. The van der Waals surface area contributed by atoms with Crippen LogP contribution < -0.4 is 4.74 Å². The van der Waals surface area contributed by atoms with Crippen LogP contribution in [0.25, 0.3) is 11.1 Å². The maximum atomic E-state index is 13.5. The highest BCUT2D eigenvalue weighted by Crippen LogP contribution is 2.34. The van der Waals surface area contributed by atoms with Crippen LogP contribution in [0.5, 0.6) is 5.75 Å². The van der Waals surface area contributed by atoms with Gasteiger partial charge in [-0.1, -0.05) is 18.2 Å². The first-order chi connectivity index (χ1) is 9.89. The van der Waals surface area contributed by atoms with Crippen molar-refractivity contribution >= 4 is 0 Å². The highest BCUT2D eigenvalue weighted by Gasteiger charge is 2.32. The standard InChI is InChI=1S/C15H9F4NO/c16-12-8-10(5-6-20)7-11(9-12)13-3-1-2-4-14(13)21-15(17,18)19/h1-4,7-9H,5H2. The third kappa shape index (κ3) is 3.96. The number of alkyl halides is 3. The summed E-state index contributed by atoms with van der Waals surface area (Å²) in [4.78, 5) is 0. The SMILES string of the molecule is N#CCc1cc(F)cc(-c2ccccc2OC(F)(F)F)c1. The molecular formula is C15H9F4NO. The Morgan fingerprint density at radius 3 is 2.48 bits per heavy atom. The predicted octanol–water partition coefficient (Wildman–Crippen LogP) is 4.46. The molecule has 0 saturated carbocycles. The summed E-state index contributed by atoms with van der Waals surface area (Å²) < 4.78 is 54.6. The monoisotopic (exact) mass is 295 g/mol. The van der Waals surface area contributed by atoms with Gasteiger partial charge in [-0.05, 0) is 35.4 Å². The van der Waals surface area contributed by atoms with Crippen molar-refractivity contribution in [2.24, 2.45) is 0 Å². The first-order valence-corrected chi connectivity index (χ1v) is 5.90. The Balaban J connectivity index is 2.49. The number of benzene rings is 2. The van der Waals surface area contributed by atoms with E-state index in [1.54, 1.807) is 0 Å². The van der Waals surface area contributed by atoms with Gasteiger partial charge in [-0.3, -0.25) is 0 Å². The molecule has 2 aromatic rings. The first kappa shape index (κ1) is 14.9. The van der Waals surface area contributed by atoms with Gasteiger partial charge in [0.1, 0.15) is 11.6 Å². The maximum absolute atomic E-state index is 13.5. The second-order valence-electron chi connectivity index (χ2n) is 4.23. The number of hydrogen-bond donors (Lipinski definition) is 0. The van der Waals surface area contributed by atoms with Crippen molar-refractivity contribution in [3.05, 3.63) is 53.8 Å². The van der Waals surface area contributed by atoms with E-state index in [1.807, 2.05) is 6.07 Å². The quantitative estimate of drug-likeness (QED) is 0.783. The molecule has 21 heavy (non-hydrogen) atoms. The predicted molar refractivity (Wildman–Crippen MR) is 67.8 cm³/mol. The van der Waals surface area contributed by atoms with Crippen molar-refractivity contribution in [1.29, 1.82) is 5.26 Å². The number of ether oxygens (including phenoxy) is 1. The molecule has 0 atom stereocenters. The summed E-state index contributed by atoms with van der Waals surface area (Å²) in [6.45, 7) is 0. The Morgan fingerprint density at radius 1 is 1.10 bits per heavy atom. The summed E-state index contributed by atoms with van der Waals surface area (Å²) in [6, 6.07) is 11.0. The van der Waals surface area contributed by atoms with Crippen LogP contribution in [0.15, 0.2) is 42.5 Å². The molecule has 0 radical (unpaired) electrons. The number of hydrogen-bond acceptors (Lipinski definition) is 2. The van der Waals surface area contributed by atoms with Gasteiger partial charge in [-0.15, -0.1) is 13.2 Å². The van der Waals surface area contributed by atoms with Crippen LogP contribution in [0.3, 0.4) is 0 Å². The van der Waals surface area contributed by atoms with Crippen LogP contribution in [0.4, 0.5) is 17.6 Å². The van der Waals surface area contributed by atoms with Crippen LogP contribution in [0.1, 0.15) is 5.56 Å². The molecule has 0 amide bonds. The molecule has 0 unspecified atom stereocenters. The highest BCUT2D eigenvalue weighted by molar-refractivity contribution is 5.71. The lowest BCUT2D eigenvalue weighted by Crippen LogP contribution is -2.17. The summed E-state index contributed by atoms with van der Waals surface area (Å²) in [5, 5.41) is 8.63. The molecule has 0 bridgehead atoms. The lowest BCUT2D eigenvalue weighted by molar-refractivity contribution is -0.274.